The molecule has 17 heavy (non-hydrogen) atoms. The number of hydrogen-bond acceptors (Lipinski definition) is 2. The van der Waals surface area contributed by atoms with Gasteiger partial charge in [0.25, 0.3) is 5.91 Å². The van der Waals surface area contributed by atoms with Crippen LogP contribution in [0.1, 0.15) is 12.5 Å². The van der Waals surface area contributed by atoms with Crippen molar-refractivity contribution in [3.05, 3.63) is 34.1 Å². The second-order valence-corrected chi connectivity index (χ2v) is 4.82. The molecule has 2 N–H and O–H groups in total. The van der Waals surface area contributed by atoms with Crippen LogP contribution in [-0.4, -0.2) is 18.9 Å². The Hall–Kier alpha value is -1.43. The third kappa shape index (κ3) is 1.93. The second kappa shape index (κ2) is 4.10. The van der Waals surface area contributed by atoms with Crippen LogP contribution in [0.15, 0.2) is 27.7 Å². The maximum atomic E-state index is 13.8. The summed E-state index contributed by atoms with van der Waals surface area (Å²) in [4.78, 5) is 15.7. The molecule has 0 bridgehead atoms. The number of rotatable bonds is 1. The van der Waals surface area contributed by atoms with Gasteiger partial charge in [-0.15, -0.1) is 0 Å². The highest BCUT2D eigenvalue weighted by Crippen LogP contribution is 2.29. The molecule has 1 heterocycles. The molecular weight excluding hydrogens is 289 g/mol. The number of hydrogen-bond donors (Lipinski definition) is 2. The number of carbonyl (C=O) groups is 1. The van der Waals surface area contributed by atoms with Crippen LogP contribution in [-0.2, 0) is 10.3 Å². The molecule has 1 aliphatic heterocycles. The van der Waals surface area contributed by atoms with E-state index in [1.54, 1.807) is 26.1 Å². The molecule has 1 unspecified atom stereocenters. The third-order valence-electron chi connectivity index (χ3n) is 2.75. The average molecular weight is 300 g/mol. The Morgan fingerprint density at radius 1 is 1.47 bits per heavy atom. The lowest BCUT2D eigenvalue weighted by Crippen LogP contribution is -2.41. The zero-order valence-electron chi connectivity index (χ0n) is 9.34. The van der Waals surface area contributed by atoms with E-state index in [-0.39, 0.29) is 11.5 Å². The summed E-state index contributed by atoms with van der Waals surface area (Å²) in [7, 11) is 1.55. The van der Waals surface area contributed by atoms with Crippen molar-refractivity contribution in [2.75, 3.05) is 7.05 Å². The number of guanidine groups is 1. The van der Waals surface area contributed by atoms with Gasteiger partial charge in [-0.3, -0.25) is 15.1 Å². The van der Waals surface area contributed by atoms with E-state index in [4.69, 9.17) is 0 Å². The van der Waals surface area contributed by atoms with E-state index >= 15 is 0 Å². The van der Waals surface area contributed by atoms with Gasteiger partial charge in [0.1, 0.15) is 11.4 Å². The topological polar surface area (TPSA) is 53.5 Å². The molecule has 0 spiro atoms. The van der Waals surface area contributed by atoms with Crippen molar-refractivity contribution in [1.29, 1.82) is 0 Å². The number of nitrogens with one attached hydrogen (secondary N) is 2. The molecule has 1 aromatic carbocycles. The molecule has 90 valence electrons. The molecule has 6 heteroatoms. The lowest BCUT2D eigenvalue weighted by Gasteiger charge is -2.22. The predicted octanol–water partition coefficient (Wildman–Crippen LogP) is 1.51. The molecule has 4 nitrogen and oxygen atoms in total. The molecular formula is C11H11BrFN3O. The fourth-order valence-electron chi connectivity index (χ4n) is 1.74. The van der Waals surface area contributed by atoms with Gasteiger partial charge in [-0.1, -0.05) is 15.9 Å². The SMILES string of the molecule is CN=C1NC(=O)C(C)(c2cc(Br)ccc2F)N1. The summed E-state index contributed by atoms with van der Waals surface area (Å²) >= 11 is 3.26. The van der Waals surface area contributed by atoms with Gasteiger partial charge in [0.15, 0.2) is 5.96 Å². The zero-order valence-corrected chi connectivity index (χ0v) is 10.9. The normalized spacial score (nSPS) is 25.9. The van der Waals surface area contributed by atoms with E-state index in [1.807, 2.05) is 0 Å². The van der Waals surface area contributed by atoms with Crippen LogP contribution in [0.5, 0.6) is 0 Å². The summed E-state index contributed by atoms with van der Waals surface area (Å²) in [5, 5.41) is 5.44. The Balaban J connectivity index is 2.52. The van der Waals surface area contributed by atoms with Crippen LogP contribution in [0.3, 0.4) is 0 Å². The second-order valence-electron chi connectivity index (χ2n) is 3.90. The third-order valence-corrected chi connectivity index (χ3v) is 3.24. The van der Waals surface area contributed by atoms with Gasteiger partial charge >= 0.3 is 0 Å². The largest absolute Gasteiger partial charge is 0.338 e. The first-order valence-corrected chi connectivity index (χ1v) is 5.78. The highest BCUT2D eigenvalue weighted by Gasteiger charge is 2.43. The first-order valence-electron chi connectivity index (χ1n) is 4.99. The van der Waals surface area contributed by atoms with Crippen molar-refractivity contribution < 1.29 is 9.18 Å². The summed E-state index contributed by atoms with van der Waals surface area (Å²) in [6.45, 7) is 1.62. The number of carbonyl (C=O) groups excluding carboxylic acids is 1. The predicted molar refractivity (Wildman–Crippen MR) is 66.1 cm³/mol. The van der Waals surface area contributed by atoms with Gasteiger partial charge in [0.2, 0.25) is 0 Å². The molecule has 0 aromatic heterocycles. The van der Waals surface area contributed by atoms with E-state index in [0.29, 0.717) is 10.4 Å². The van der Waals surface area contributed by atoms with Gasteiger partial charge < -0.3 is 5.32 Å². The first-order chi connectivity index (χ1) is 7.97. The van der Waals surface area contributed by atoms with E-state index in [9.17, 15) is 9.18 Å². The van der Waals surface area contributed by atoms with Crippen LogP contribution < -0.4 is 10.6 Å². The van der Waals surface area contributed by atoms with Crippen molar-refractivity contribution in [2.45, 2.75) is 12.5 Å². The monoisotopic (exact) mass is 299 g/mol. The van der Waals surface area contributed by atoms with E-state index in [1.165, 1.54) is 6.07 Å². The summed E-state index contributed by atoms with van der Waals surface area (Å²) in [6, 6.07) is 4.49. The molecule has 0 saturated carbocycles. The smallest absolute Gasteiger partial charge is 0.256 e. The van der Waals surface area contributed by atoms with Crippen molar-refractivity contribution in [3.8, 4) is 0 Å². The maximum absolute atomic E-state index is 13.8. The Morgan fingerprint density at radius 3 is 2.76 bits per heavy atom. The first kappa shape index (κ1) is 12.0. The van der Waals surface area contributed by atoms with Crippen molar-refractivity contribution in [1.82, 2.24) is 10.6 Å². The minimum Gasteiger partial charge on any atom is -0.338 e. The molecule has 1 aliphatic rings. The molecule has 1 saturated heterocycles. The average Bonchev–Trinajstić information content (AvgIpc) is 2.59. The molecule has 0 aliphatic carbocycles. The van der Waals surface area contributed by atoms with Gasteiger partial charge in [0, 0.05) is 17.1 Å². The Kier molecular flexibility index (Phi) is 2.91. The Bertz CT molecular complexity index is 517. The van der Waals surface area contributed by atoms with Gasteiger partial charge in [-0.2, -0.15) is 0 Å². The summed E-state index contributed by atoms with van der Waals surface area (Å²) in [5.41, 5.74) is -0.856. The van der Waals surface area contributed by atoms with Crippen LogP contribution in [0.25, 0.3) is 0 Å². The lowest BCUT2D eigenvalue weighted by atomic mass is 9.92. The highest BCUT2D eigenvalue weighted by atomic mass is 79.9. The number of aliphatic imine (C=N–C) groups is 1. The Morgan fingerprint density at radius 2 is 2.18 bits per heavy atom. The van der Waals surface area contributed by atoms with Gasteiger partial charge in [-0.25, -0.2) is 4.39 Å². The van der Waals surface area contributed by atoms with E-state index < -0.39 is 11.4 Å². The molecule has 1 amide bonds. The summed E-state index contributed by atoms with van der Waals surface area (Å²) < 4.78 is 14.5. The molecule has 1 atom stereocenters. The van der Waals surface area contributed by atoms with E-state index in [2.05, 4.69) is 31.6 Å². The van der Waals surface area contributed by atoms with Crippen LogP contribution in [0, 0.1) is 5.82 Å². The molecule has 2 rings (SSSR count). The quantitative estimate of drug-likeness (QED) is 0.826. The maximum Gasteiger partial charge on any atom is 0.256 e. The van der Waals surface area contributed by atoms with Crippen LogP contribution in [0.2, 0.25) is 0 Å². The van der Waals surface area contributed by atoms with Crippen molar-refractivity contribution in [2.24, 2.45) is 4.99 Å². The zero-order chi connectivity index (χ0) is 12.6. The van der Waals surface area contributed by atoms with Crippen molar-refractivity contribution in [3.63, 3.8) is 0 Å². The van der Waals surface area contributed by atoms with Crippen LogP contribution in [0.4, 0.5) is 4.39 Å². The number of nitrogens with zero attached hydrogens (tertiary/aromatic N) is 1. The van der Waals surface area contributed by atoms with E-state index in [0.717, 1.165) is 0 Å². The van der Waals surface area contributed by atoms with Gasteiger partial charge in [0.05, 0.1) is 0 Å². The minimum absolute atomic E-state index is 0.281. The summed E-state index contributed by atoms with van der Waals surface area (Å²) in [6.07, 6.45) is 0. The Labute approximate surface area is 106 Å². The number of amides is 1. The van der Waals surface area contributed by atoms with Crippen LogP contribution >= 0.6 is 15.9 Å². The fourth-order valence-corrected chi connectivity index (χ4v) is 2.10. The molecule has 0 radical (unpaired) electrons. The highest BCUT2D eigenvalue weighted by molar-refractivity contribution is 9.10. The lowest BCUT2D eigenvalue weighted by molar-refractivity contribution is -0.123. The minimum atomic E-state index is -1.14. The summed E-state index contributed by atoms with van der Waals surface area (Å²) in [5.74, 6) is -0.414. The standard InChI is InChI=1S/C11H11BrFN3O/c1-11(9(17)15-10(14-2)16-11)7-5-6(12)3-4-8(7)13/h3-5H,1-2H3,(H2,14,15,16,17). The number of halogens is 2. The molecule has 1 aromatic rings. The van der Waals surface area contributed by atoms with Crippen molar-refractivity contribution >= 4 is 27.8 Å². The number of benzene rings is 1. The molecule has 1 fully saturated rings. The fraction of sp³-hybridized carbons (Fsp3) is 0.273. The van der Waals surface area contributed by atoms with Gasteiger partial charge in [-0.05, 0) is 25.1 Å².